The first-order valence-electron chi connectivity index (χ1n) is 7.77. The van der Waals surface area contributed by atoms with E-state index in [1.165, 1.54) is 18.7 Å². The highest BCUT2D eigenvalue weighted by molar-refractivity contribution is 8.23. The van der Waals surface area contributed by atoms with E-state index in [2.05, 4.69) is 0 Å². The third-order valence-electron chi connectivity index (χ3n) is 3.59. The second kappa shape index (κ2) is 8.24. The van der Waals surface area contributed by atoms with Gasteiger partial charge in [-0.1, -0.05) is 37.3 Å². The van der Waals surface area contributed by atoms with Gasteiger partial charge in [-0.2, -0.15) is 0 Å². The van der Waals surface area contributed by atoms with E-state index in [0.29, 0.717) is 17.3 Å². The number of ketones is 1. The number of carbonyl (C=O) groups excluding carboxylic acids is 3. The first kappa shape index (κ1) is 20.1. The lowest BCUT2D eigenvalue weighted by Crippen LogP contribution is -2.39. The molecule has 0 spiro atoms. The van der Waals surface area contributed by atoms with Gasteiger partial charge in [0.1, 0.15) is 21.6 Å². The average molecular weight is 360 g/mol. The molecule has 1 fully saturated rings. The Balaban J connectivity index is 2.85. The van der Waals surface area contributed by atoms with Crippen LogP contribution in [0.2, 0.25) is 0 Å². The summed E-state index contributed by atoms with van der Waals surface area (Å²) in [6.07, 6.45) is 0.670. The molecule has 1 aliphatic rings. The van der Waals surface area contributed by atoms with Crippen molar-refractivity contribution in [3.8, 4) is 0 Å². The molecule has 0 aromatic carbocycles. The number of thiocarbonyl (C=S) groups is 1. The number of hydrogen-bond acceptors (Lipinski definition) is 6. The highest BCUT2D eigenvalue weighted by atomic mass is 32.2. The molecule has 7 heteroatoms. The maximum Gasteiger partial charge on any atom is 0.317 e. The van der Waals surface area contributed by atoms with Gasteiger partial charge in [-0.05, 0) is 33.6 Å². The van der Waals surface area contributed by atoms with E-state index in [-0.39, 0.29) is 24.0 Å². The van der Waals surface area contributed by atoms with Crippen LogP contribution in [0.15, 0.2) is 0 Å². The number of carbonyl (C=O) groups is 3. The minimum absolute atomic E-state index is 0.123. The van der Waals surface area contributed by atoms with Crippen LogP contribution in [-0.4, -0.2) is 44.8 Å². The summed E-state index contributed by atoms with van der Waals surface area (Å²) in [5.74, 6) is -1.43. The number of esters is 1. The molecule has 1 saturated heterocycles. The van der Waals surface area contributed by atoms with Gasteiger partial charge in [-0.15, -0.1) is 0 Å². The number of thioether (sulfide) groups is 1. The van der Waals surface area contributed by atoms with Gasteiger partial charge in [-0.25, -0.2) is 0 Å². The summed E-state index contributed by atoms with van der Waals surface area (Å²) in [6.45, 7) is 9.11. The van der Waals surface area contributed by atoms with Crippen molar-refractivity contribution in [2.45, 2.75) is 53.1 Å². The zero-order valence-electron chi connectivity index (χ0n) is 14.4. The van der Waals surface area contributed by atoms with E-state index in [0.717, 1.165) is 5.75 Å². The van der Waals surface area contributed by atoms with E-state index in [9.17, 15) is 14.4 Å². The molecule has 1 aliphatic heterocycles. The molecule has 0 aromatic rings. The highest BCUT2D eigenvalue weighted by Crippen LogP contribution is 2.27. The third kappa shape index (κ3) is 5.88. The number of Topliss-reactive ketones (excluding diaryl/α,β-unsaturated/α-hetero) is 1. The van der Waals surface area contributed by atoms with Crippen molar-refractivity contribution in [2.24, 2.45) is 11.8 Å². The molecule has 2 atom stereocenters. The Kier molecular flexibility index (Phi) is 7.20. The van der Waals surface area contributed by atoms with Crippen LogP contribution >= 0.6 is 24.0 Å². The maximum atomic E-state index is 12.4. The van der Waals surface area contributed by atoms with Crippen LogP contribution in [0.1, 0.15) is 47.5 Å². The summed E-state index contributed by atoms with van der Waals surface area (Å²) in [4.78, 5) is 38.3. The summed E-state index contributed by atoms with van der Waals surface area (Å²) in [5.41, 5.74) is -0.666. The number of amides is 1. The lowest BCUT2D eigenvalue weighted by atomic mass is 9.84. The summed E-state index contributed by atoms with van der Waals surface area (Å²) in [7, 11) is 0. The normalized spacial score (nSPS) is 17.8. The third-order valence-corrected chi connectivity index (χ3v) is 5.02. The second-order valence-electron chi connectivity index (χ2n) is 6.65. The molecule has 0 saturated carbocycles. The molecule has 0 radical (unpaired) electrons. The molecule has 0 bridgehead atoms. The van der Waals surface area contributed by atoms with Gasteiger partial charge in [-0.3, -0.25) is 19.3 Å². The van der Waals surface area contributed by atoms with Crippen molar-refractivity contribution in [3.63, 3.8) is 0 Å². The Labute approximate surface area is 147 Å². The van der Waals surface area contributed by atoms with Crippen LogP contribution in [0.25, 0.3) is 0 Å². The molecule has 1 rings (SSSR count). The van der Waals surface area contributed by atoms with Crippen molar-refractivity contribution in [3.05, 3.63) is 0 Å². The number of ether oxygens (including phenoxy) is 1. The van der Waals surface area contributed by atoms with Gasteiger partial charge in [0.15, 0.2) is 0 Å². The molecule has 1 heterocycles. The number of rotatable bonds is 6. The summed E-state index contributed by atoms with van der Waals surface area (Å²) < 4.78 is 5.93. The molecule has 0 aromatic heterocycles. The highest BCUT2D eigenvalue weighted by Gasteiger charge is 2.37. The van der Waals surface area contributed by atoms with Crippen molar-refractivity contribution in [2.75, 3.05) is 12.3 Å². The van der Waals surface area contributed by atoms with E-state index in [1.54, 1.807) is 25.7 Å². The molecular weight excluding hydrogens is 334 g/mol. The first-order valence-corrected chi connectivity index (χ1v) is 9.16. The van der Waals surface area contributed by atoms with Crippen molar-refractivity contribution >= 4 is 46.0 Å². The smallest absolute Gasteiger partial charge is 0.317 e. The topological polar surface area (TPSA) is 63.7 Å². The summed E-state index contributed by atoms with van der Waals surface area (Å²) >= 11 is 6.63. The van der Waals surface area contributed by atoms with Crippen LogP contribution in [-0.2, 0) is 19.1 Å². The fraction of sp³-hybridized carbons (Fsp3) is 0.750. The lowest BCUT2D eigenvalue weighted by molar-refractivity contribution is -0.164. The molecule has 0 N–H and O–H groups in total. The Bertz CT molecular complexity index is 499. The van der Waals surface area contributed by atoms with Crippen molar-refractivity contribution < 1.29 is 19.1 Å². The minimum atomic E-state index is -0.910. The SMILES string of the molecule is CC[C@H](CC(=O)N1CCSC1=S)C(C(C)=O)C(=O)OC(C)(C)C. The molecule has 1 amide bonds. The standard InChI is InChI=1S/C16H25NO4S2/c1-6-11(9-12(19)17-7-8-23-15(17)22)13(10(2)18)14(20)21-16(3,4)5/h11,13H,6-9H2,1-5H3/t11-,13?/m1/s1. The molecule has 1 unspecified atom stereocenters. The van der Waals surface area contributed by atoms with Gasteiger partial charge in [0.25, 0.3) is 0 Å². The number of hydrogen-bond donors (Lipinski definition) is 0. The van der Waals surface area contributed by atoms with Crippen LogP contribution in [0.4, 0.5) is 0 Å². The quantitative estimate of drug-likeness (QED) is 0.413. The first-order chi connectivity index (χ1) is 10.6. The predicted octanol–water partition coefficient (Wildman–Crippen LogP) is 2.81. The Hall–Kier alpha value is -0.950. The zero-order valence-corrected chi connectivity index (χ0v) is 16.0. The predicted molar refractivity (Wildman–Crippen MR) is 95.2 cm³/mol. The summed E-state index contributed by atoms with van der Waals surface area (Å²) in [6, 6.07) is 0. The van der Waals surface area contributed by atoms with Crippen molar-refractivity contribution in [1.82, 2.24) is 4.90 Å². The van der Waals surface area contributed by atoms with Crippen LogP contribution < -0.4 is 0 Å². The van der Waals surface area contributed by atoms with E-state index in [4.69, 9.17) is 17.0 Å². The van der Waals surface area contributed by atoms with Gasteiger partial charge >= 0.3 is 5.97 Å². The van der Waals surface area contributed by atoms with Crippen LogP contribution in [0, 0.1) is 11.8 Å². The molecule has 5 nitrogen and oxygen atoms in total. The largest absolute Gasteiger partial charge is 0.459 e. The monoisotopic (exact) mass is 359 g/mol. The zero-order chi connectivity index (χ0) is 17.8. The van der Waals surface area contributed by atoms with Crippen LogP contribution in [0.5, 0.6) is 0 Å². The van der Waals surface area contributed by atoms with Gasteiger partial charge in [0, 0.05) is 18.7 Å². The number of nitrogens with zero attached hydrogens (tertiary/aromatic N) is 1. The van der Waals surface area contributed by atoms with E-state index < -0.39 is 17.5 Å². The van der Waals surface area contributed by atoms with Gasteiger partial charge in [0.2, 0.25) is 5.91 Å². The van der Waals surface area contributed by atoms with Crippen LogP contribution in [0.3, 0.4) is 0 Å². The Morgan fingerprint density at radius 2 is 1.96 bits per heavy atom. The molecule has 23 heavy (non-hydrogen) atoms. The Morgan fingerprint density at radius 3 is 2.35 bits per heavy atom. The van der Waals surface area contributed by atoms with E-state index >= 15 is 0 Å². The summed E-state index contributed by atoms with van der Waals surface area (Å²) in [5, 5.41) is 0. The Morgan fingerprint density at radius 1 is 1.35 bits per heavy atom. The maximum absolute atomic E-state index is 12.4. The lowest BCUT2D eigenvalue weighted by Gasteiger charge is -2.28. The average Bonchev–Trinajstić information content (AvgIpc) is 2.81. The minimum Gasteiger partial charge on any atom is -0.459 e. The fourth-order valence-corrected chi connectivity index (χ4v) is 3.75. The van der Waals surface area contributed by atoms with Gasteiger partial charge in [0.05, 0.1) is 0 Å². The van der Waals surface area contributed by atoms with Gasteiger partial charge < -0.3 is 4.74 Å². The molecule has 130 valence electrons. The van der Waals surface area contributed by atoms with E-state index in [1.807, 2.05) is 6.92 Å². The molecular formula is C16H25NO4S2. The second-order valence-corrected chi connectivity index (χ2v) is 8.38. The fourth-order valence-electron chi connectivity index (χ4n) is 2.51. The van der Waals surface area contributed by atoms with Crippen molar-refractivity contribution in [1.29, 1.82) is 0 Å². The molecule has 0 aliphatic carbocycles.